The molecule has 0 aliphatic carbocycles. The van der Waals surface area contributed by atoms with Crippen LogP contribution >= 0.6 is 0 Å². The number of H-pyrrole nitrogens is 1. The molecule has 2 aromatic carbocycles. The van der Waals surface area contributed by atoms with Crippen LogP contribution in [-0.4, -0.2) is 64.5 Å². The van der Waals surface area contributed by atoms with Crippen molar-refractivity contribution < 1.29 is 23.9 Å². The number of nitrogens with zero attached hydrogens (tertiary/aromatic N) is 1. The number of hydrogen-bond donors (Lipinski definition) is 4. The fourth-order valence-electron chi connectivity index (χ4n) is 5.04. The lowest BCUT2D eigenvalue weighted by Gasteiger charge is -2.34. The molecule has 2 atom stereocenters. The van der Waals surface area contributed by atoms with Crippen LogP contribution in [0.15, 0.2) is 54.7 Å². The molecule has 4 N–H and O–H groups in total. The summed E-state index contributed by atoms with van der Waals surface area (Å²) in [5.41, 5.74) is 2.90. The first-order chi connectivity index (χ1) is 19.9. The van der Waals surface area contributed by atoms with E-state index in [9.17, 15) is 19.2 Å². The number of anilines is 1. The Bertz CT molecular complexity index is 1420. The summed E-state index contributed by atoms with van der Waals surface area (Å²) in [6.45, 7) is 9.65. The maximum Gasteiger partial charge on any atom is 0.408 e. The van der Waals surface area contributed by atoms with E-state index in [1.807, 2.05) is 61.7 Å². The average Bonchev–Trinajstić information content (AvgIpc) is 3.35. The SMILES string of the molecule is Cc1ccc(NC(=O)[C@H](C)NC(=O)C2CCN(C(=O)[C@H](Cc3c[nH]c4ccccc34)NC(=O)OC(C)(C)C)CC2)cc1. The van der Waals surface area contributed by atoms with Gasteiger partial charge in [-0.05, 0) is 71.2 Å². The van der Waals surface area contributed by atoms with E-state index in [2.05, 4.69) is 20.9 Å². The number of likely N-dealkylation sites (tertiary alicyclic amines) is 1. The van der Waals surface area contributed by atoms with Gasteiger partial charge in [-0.25, -0.2) is 4.79 Å². The number of aryl methyl sites for hydroxylation is 1. The molecule has 3 aromatic rings. The summed E-state index contributed by atoms with van der Waals surface area (Å²) in [7, 11) is 0. The fraction of sp³-hybridized carbons (Fsp3) is 0.438. The summed E-state index contributed by atoms with van der Waals surface area (Å²) < 4.78 is 5.45. The Labute approximate surface area is 246 Å². The fourth-order valence-corrected chi connectivity index (χ4v) is 5.04. The quantitative estimate of drug-likeness (QED) is 0.318. The Morgan fingerprint density at radius 1 is 1.00 bits per heavy atom. The Hall–Kier alpha value is -4.34. The second-order valence-electron chi connectivity index (χ2n) is 11.9. The van der Waals surface area contributed by atoms with Crippen LogP contribution in [0.2, 0.25) is 0 Å². The highest BCUT2D eigenvalue weighted by molar-refractivity contribution is 5.97. The number of carbonyl (C=O) groups is 4. The van der Waals surface area contributed by atoms with Crippen LogP contribution in [0.4, 0.5) is 10.5 Å². The second kappa shape index (κ2) is 13.1. The van der Waals surface area contributed by atoms with Crippen molar-refractivity contribution in [3.63, 3.8) is 0 Å². The van der Waals surface area contributed by atoms with Crippen molar-refractivity contribution in [2.45, 2.75) is 71.6 Å². The van der Waals surface area contributed by atoms with Gasteiger partial charge in [0.15, 0.2) is 0 Å². The molecule has 42 heavy (non-hydrogen) atoms. The maximum atomic E-state index is 13.7. The predicted octanol–water partition coefficient (Wildman–Crippen LogP) is 4.29. The van der Waals surface area contributed by atoms with Crippen LogP contribution in [0.5, 0.6) is 0 Å². The van der Waals surface area contributed by atoms with E-state index in [1.54, 1.807) is 32.6 Å². The molecule has 224 valence electrons. The van der Waals surface area contributed by atoms with E-state index >= 15 is 0 Å². The molecule has 1 aliphatic rings. The summed E-state index contributed by atoms with van der Waals surface area (Å²) in [5, 5.41) is 9.39. The van der Waals surface area contributed by atoms with Crippen molar-refractivity contribution in [3.05, 3.63) is 65.9 Å². The monoisotopic (exact) mass is 575 g/mol. The number of fused-ring (bicyclic) bond motifs is 1. The molecule has 1 saturated heterocycles. The van der Waals surface area contributed by atoms with Gasteiger partial charge in [0, 0.05) is 48.2 Å². The highest BCUT2D eigenvalue weighted by atomic mass is 16.6. The van der Waals surface area contributed by atoms with Crippen LogP contribution in [0.25, 0.3) is 10.9 Å². The van der Waals surface area contributed by atoms with Gasteiger partial charge in [0.05, 0.1) is 0 Å². The van der Waals surface area contributed by atoms with Crippen molar-refractivity contribution in [1.29, 1.82) is 0 Å². The van der Waals surface area contributed by atoms with E-state index < -0.39 is 23.8 Å². The molecule has 4 amide bonds. The Morgan fingerprint density at radius 3 is 2.33 bits per heavy atom. The zero-order chi connectivity index (χ0) is 30.4. The minimum Gasteiger partial charge on any atom is -0.444 e. The standard InChI is InChI=1S/C32H41N5O5/c1-20-10-12-24(13-11-20)35-28(38)21(2)34-29(39)22-14-16-37(17-15-22)30(40)27(36-31(41)42-32(3,4)5)18-23-19-33-26-9-7-6-8-25(23)26/h6-13,19,21-22,27,33H,14-18H2,1-5H3,(H,34,39)(H,35,38)(H,36,41)/t21-,27-/m0/s1. The lowest BCUT2D eigenvalue weighted by molar-refractivity contribution is -0.137. The molecule has 0 bridgehead atoms. The second-order valence-corrected chi connectivity index (χ2v) is 11.9. The van der Waals surface area contributed by atoms with Crippen molar-refractivity contribution >= 4 is 40.4 Å². The number of para-hydroxylation sites is 1. The third-order valence-corrected chi connectivity index (χ3v) is 7.34. The molecule has 1 fully saturated rings. The number of amides is 4. The van der Waals surface area contributed by atoms with Gasteiger partial charge in [0.25, 0.3) is 0 Å². The molecule has 1 aromatic heterocycles. The Kier molecular flexibility index (Phi) is 9.55. The van der Waals surface area contributed by atoms with Gasteiger partial charge >= 0.3 is 6.09 Å². The molecule has 0 saturated carbocycles. The summed E-state index contributed by atoms with van der Waals surface area (Å²) in [6.07, 6.45) is 2.39. The van der Waals surface area contributed by atoms with E-state index in [-0.39, 0.29) is 30.1 Å². The molecule has 10 heteroatoms. The van der Waals surface area contributed by atoms with Crippen LogP contribution in [0.3, 0.4) is 0 Å². The number of aromatic nitrogens is 1. The zero-order valence-corrected chi connectivity index (χ0v) is 25.0. The third kappa shape index (κ3) is 8.11. The zero-order valence-electron chi connectivity index (χ0n) is 25.0. The third-order valence-electron chi connectivity index (χ3n) is 7.34. The molecule has 10 nitrogen and oxygen atoms in total. The van der Waals surface area contributed by atoms with E-state index in [1.165, 1.54) is 0 Å². The van der Waals surface area contributed by atoms with Crippen LogP contribution in [0.1, 0.15) is 51.7 Å². The van der Waals surface area contributed by atoms with Crippen LogP contribution in [-0.2, 0) is 25.5 Å². The molecule has 0 radical (unpaired) electrons. The first-order valence-corrected chi connectivity index (χ1v) is 14.4. The normalized spacial score (nSPS) is 15.5. The van der Waals surface area contributed by atoms with Gasteiger partial charge in [-0.3, -0.25) is 14.4 Å². The topological polar surface area (TPSA) is 133 Å². The summed E-state index contributed by atoms with van der Waals surface area (Å²) in [4.78, 5) is 56.8. The average molecular weight is 576 g/mol. The van der Waals surface area contributed by atoms with Crippen molar-refractivity contribution in [2.75, 3.05) is 18.4 Å². The molecule has 0 unspecified atom stereocenters. The number of piperidine rings is 1. The van der Waals surface area contributed by atoms with Crippen molar-refractivity contribution in [2.24, 2.45) is 5.92 Å². The number of hydrogen-bond acceptors (Lipinski definition) is 5. The van der Waals surface area contributed by atoms with E-state index in [0.717, 1.165) is 22.0 Å². The minimum atomic E-state index is -0.838. The molecular formula is C32H41N5O5. The largest absolute Gasteiger partial charge is 0.444 e. The van der Waals surface area contributed by atoms with Crippen LogP contribution in [0, 0.1) is 12.8 Å². The van der Waals surface area contributed by atoms with Gasteiger partial charge in [-0.2, -0.15) is 0 Å². The summed E-state index contributed by atoms with van der Waals surface area (Å²) >= 11 is 0. The first kappa shape index (κ1) is 30.6. The first-order valence-electron chi connectivity index (χ1n) is 14.4. The molecule has 2 heterocycles. The van der Waals surface area contributed by atoms with Gasteiger partial charge in [-0.15, -0.1) is 0 Å². The lowest BCUT2D eigenvalue weighted by atomic mass is 9.94. The summed E-state index contributed by atoms with van der Waals surface area (Å²) in [5.74, 6) is -1.06. The number of alkyl carbamates (subject to hydrolysis) is 1. The predicted molar refractivity (Wildman–Crippen MR) is 162 cm³/mol. The van der Waals surface area contributed by atoms with Crippen LogP contribution < -0.4 is 16.0 Å². The molecule has 1 aliphatic heterocycles. The van der Waals surface area contributed by atoms with Gasteiger partial charge in [0.2, 0.25) is 17.7 Å². The van der Waals surface area contributed by atoms with Crippen molar-refractivity contribution in [1.82, 2.24) is 20.5 Å². The van der Waals surface area contributed by atoms with E-state index in [4.69, 9.17) is 4.74 Å². The van der Waals surface area contributed by atoms with Gasteiger partial charge < -0.3 is 30.6 Å². The Morgan fingerprint density at radius 2 is 1.67 bits per heavy atom. The molecule has 4 rings (SSSR count). The number of ether oxygens (including phenoxy) is 1. The smallest absolute Gasteiger partial charge is 0.408 e. The highest BCUT2D eigenvalue weighted by Gasteiger charge is 2.33. The highest BCUT2D eigenvalue weighted by Crippen LogP contribution is 2.22. The number of benzene rings is 2. The lowest BCUT2D eigenvalue weighted by Crippen LogP contribution is -2.53. The number of aromatic amines is 1. The number of carbonyl (C=O) groups excluding carboxylic acids is 4. The van der Waals surface area contributed by atoms with E-state index in [0.29, 0.717) is 31.6 Å². The number of nitrogens with one attached hydrogen (secondary N) is 4. The molecule has 0 spiro atoms. The van der Waals surface area contributed by atoms with Crippen molar-refractivity contribution in [3.8, 4) is 0 Å². The number of rotatable bonds is 8. The minimum absolute atomic E-state index is 0.212. The Balaban J connectivity index is 1.35. The maximum absolute atomic E-state index is 13.7. The van der Waals surface area contributed by atoms with Gasteiger partial charge in [0.1, 0.15) is 17.7 Å². The molecular weight excluding hydrogens is 534 g/mol. The summed E-state index contributed by atoms with van der Waals surface area (Å²) in [6, 6.07) is 13.7. The van der Waals surface area contributed by atoms with Gasteiger partial charge in [-0.1, -0.05) is 35.9 Å².